The fourth-order valence-corrected chi connectivity index (χ4v) is 4.23. The minimum Gasteiger partial charge on any atom is -0.490 e. The Hall–Kier alpha value is -1.79. The molecule has 3 aliphatic rings. The van der Waals surface area contributed by atoms with E-state index in [1.165, 1.54) is 0 Å². The zero-order valence-electron chi connectivity index (χ0n) is 16.3. The predicted molar refractivity (Wildman–Crippen MR) is 115 cm³/mol. The molecule has 3 fully saturated rings. The number of aliphatic hydroxyl groups is 1. The van der Waals surface area contributed by atoms with E-state index in [2.05, 4.69) is 17.5 Å². The second-order valence-corrected chi connectivity index (χ2v) is 7.68. The van der Waals surface area contributed by atoms with E-state index in [-0.39, 0.29) is 14.4 Å². The van der Waals surface area contributed by atoms with Crippen molar-refractivity contribution in [3.05, 3.63) is 42.0 Å². The van der Waals surface area contributed by atoms with Gasteiger partial charge in [0.25, 0.3) is 0 Å². The molecule has 0 aliphatic carbocycles. The second-order valence-electron chi connectivity index (χ2n) is 7.68. The highest BCUT2D eigenvalue weighted by Crippen LogP contribution is 2.36. The van der Waals surface area contributed by atoms with Gasteiger partial charge >= 0.3 is 5.97 Å². The van der Waals surface area contributed by atoms with Crippen molar-refractivity contribution >= 4 is 14.4 Å². The summed E-state index contributed by atoms with van der Waals surface area (Å²) in [5, 5.41) is 11.1. The van der Waals surface area contributed by atoms with Gasteiger partial charge in [0, 0.05) is 13.0 Å². The molecule has 6 heteroatoms. The first-order valence-electron chi connectivity index (χ1n) is 10.00. The van der Waals surface area contributed by atoms with Crippen LogP contribution < -0.4 is 4.74 Å². The zero-order valence-corrected chi connectivity index (χ0v) is 16.3. The monoisotopic (exact) mass is 387 g/mol. The third-order valence-electron chi connectivity index (χ3n) is 5.73. The van der Waals surface area contributed by atoms with Crippen LogP contribution in [0.3, 0.4) is 0 Å². The number of esters is 1. The van der Waals surface area contributed by atoms with E-state index in [1.54, 1.807) is 0 Å². The van der Waals surface area contributed by atoms with Crippen LogP contribution in [-0.4, -0.2) is 62.8 Å². The van der Waals surface area contributed by atoms with Gasteiger partial charge in [-0.15, -0.1) is 6.58 Å². The summed E-state index contributed by atoms with van der Waals surface area (Å²) in [7, 11) is 0. The average Bonchev–Trinajstić information content (AvgIpc) is 2.67. The van der Waals surface area contributed by atoms with Crippen LogP contribution in [0.2, 0.25) is 0 Å². The molecule has 1 unspecified atom stereocenters. The smallest absolute Gasteiger partial charge is 0.306 e. The lowest BCUT2D eigenvalue weighted by molar-refractivity contribution is -0.143. The Morgan fingerprint density at radius 1 is 1.39 bits per heavy atom. The Kier molecular flexibility index (Phi) is 8.14. The van der Waals surface area contributed by atoms with Crippen LogP contribution in [0.4, 0.5) is 0 Å². The number of aryl methyl sites for hydroxylation is 1. The molecule has 0 saturated carbocycles. The van der Waals surface area contributed by atoms with Crippen LogP contribution >= 0.6 is 0 Å². The highest BCUT2D eigenvalue weighted by atomic mass is 16.5. The highest BCUT2D eigenvalue weighted by molar-refractivity contribution is 5.75. The number of hydrogen-bond donors (Lipinski definition) is 1. The lowest BCUT2D eigenvalue weighted by Gasteiger charge is -2.50. The van der Waals surface area contributed by atoms with Crippen molar-refractivity contribution in [2.24, 2.45) is 5.92 Å². The molecule has 3 heterocycles. The Morgan fingerprint density at radius 2 is 2.14 bits per heavy atom. The molecule has 0 radical (unpaired) electrons. The largest absolute Gasteiger partial charge is 0.490 e. The van der Waals surface area contributed by atoms with Gasteiger partial charge in [0.2, 0.25) is 0 Å². The summed E-state index contributed by atoms with van der Waals surface area (Å²) in [6, 6.07) is 6.00. The van der Waals surface area contributed by atoms with Gasteiger partial charge in [-0.25, -0.2) is 0 Å². The van der Waals surface area contributed by atoms with Crippen LogP contribution in [0.1, 0.15) is 37.3 Å². The number of allylic oxidation sites excluding steroid dienone is 1. The van der Waals surface area contributed by atoms with Crippen molar-refractivity contribution in [1.82, 2.24) is 4.90 Å². The summed E-state index contributed by atoms with van der Waals surface area (Å²) >= 11 is 0. The molecule has 0 amide bonds. The number of nitrogens with zero attached hydrogens (tertiary/aromatic N) is 1. The van der Waals surface area contributed by atoms with Gasteiger partial charge in [-0.05, 0) is 68.8 Å². The van der Waals surface area contributed by atoms with Crippen molar-refractivity contribution in [2.75, 3.05) is 32.8 Å². The van der Waals surface area contributed by atoms with Crippen molar-refractivity contribution in [3.63, 3.8) is 0 Å². The van der Waals surface area contributed by atoms with Crippen molar-refractivity contribution < 1.29 is 19.4 Å². The van der Waals surface area contributed by atoms with E-state index in [0.29, 0.717) is 44.9 Å². The molecule has 28 heavy (non-hydrogen) atoms. The normalized spacial score (nSPS) is 25.6. The molecule has 1 aromatic carbocycles. The van der Waals surface area contributed by atoms with E-state index >= 15 is 0 Å². The Balaban J connectivity index is 0.00000280. The van der Waals surface area contributed by atoms with E-state index < -0.39 is 5.60 Å². The minimum absolute atomic E-state index is 0. The molecule has 2 bridgehead atoms. The fourth-order valence-electron chi connectivity index (χ4n) is 4.23. The Bertz CT molecular complexity index is 673. The van der Waals surface area contributed by atoms with Crippen LogP contribution in [0, 0.1) is 5.92 Å². The third-order valence-corrected chi connectivity index (χ3v) is 5.73. The number of benzene rings is 1. The van der Waals surface area contributed by atoms with Gasteiger partial charge in [-0.2, -0.15) is 0 Å². The average molecular weight is 387 g/mol. The molecule has 4 rings (SSSR count). The molecule has 3 saturated heterocycles. The Labute approximate surface area is 170 Å². The first-order chi connectivity index (χ1) is 13.0. The third kappa shape index (κ3) is 5.39. The van der Waals surface area contributed by atoms with Crippen LogP contribution in [0.5, 0.6) is 5.75 Å². The Morgan fingerprint density at radius 3 is 2.75 bits per heavy atom. The maximum atomic E-state index is 11.6. The SMILES string of the molecule is B.C=CCc1cc(CCC(=O)OCC)ccc1OCC1(O)CN2CCC1CC2. The van der Waals surface area contributed by atoms with E-state index in [4.69, 9.17) is 9.47 Å². The maximum absolute atomic E-state index is 11.6. The molecule has 3 aliphatic heterocycles. The quantitative estimate of drug-likeness (QED) is 0.396. The number of rotatable bonds is 9. The van der Waals surface area contributed by atoms with Gasteiger partial charge in [-0.3, -0.25) is 4.79 Å². The molecule has 1 aromatic rings. The van der Waals surface area contributed by atoms with Crippen molar-refractivity contribution in [3.8, 4) is 5.75 Å². The zero-order chi connectivity index (χ0) is 19.3. The predicted octanol–water partition coefficient (Wildman–Crippen LogP) is 1.56. The highest BCUT2D eigenvalue weighted by Gasteiger charge is 2.46. The summed E-state index contributed by atoms with van der Waals surface area (Å²) in [4.78, 5) is 13.9. The van der Waals surface area contributed by atoms with Gasteiger partial charge in [-0.1, -0.05) is 18.2 Å². The van der Waals surface area contributed by atoms with Gasteiger partial charge in [0.05, 0.1) is 15.0 Å². The number of ether oxygens (including phenoxy) is 2. The molecule has 0 aromatic heterocycles. The molecular weight excluding hydrogens is 353 g/mol. The molecule has 154 valence electrons. The molecule has 0 spiro atoms. The lowest BCUT2D eigenvalue weighted by Crippen LogP contribution is -2.61. The van der Waals surface area contributed by atoms with Gasteiger partial charge in [0.15, 0.2) is 0 Å². The van der Waals surface area contributed by atoms with Gasteiger partial charge < -0.3 is 19.5 Å². The van der Waals surface area contributed by atoms with Crippen LogP contribution in [0.25, 0.3) is 0 Å². The van der Waals surface area contributed by atoms with Crippen molar-refractivity contribution in [1.29, 1.82) is 0 Å². The van der Waals surface area contributed by atoms with E-state index in [9.17, 15) is 9.90 Å². The van der Waals surface area contributed by atoms with Crippen LogP contribution in [-0.2, 0) is 22.4 Å². The lowest BCUT2D eigenvalue weighted by atomic mass is 9.76. The van der Waals surface area contributed by atoms with Crippen LogP contribution in [0.15, 0.2) is 30.9 Å². The van der Waals surface area contributed by atoms with E-state index in [1.807, 2.05) is 25.1 Å². The van der Waals surface area contributed by atoms with E-state index in [0.717, 1.165) is 42.8 Å². The first kappa shape index (κ1) is 22.5. The second kappa shape index (κ2) is 10.1. The minimum atomic E-state index is -0.759. The number of carbonyl (C=O) groups is 1. The van der Waals surface area contributed by atoms with Gasteiger partial charge in [0.1, 0.15) is 18.0 Å². The maximum Gasteiger partial charge on any atom is 0.306 e. The summed E-state index contributed by atoms with van der Waals surface area (Å²) in [5.41, 5.74) is 1.36. The number of fused-ring (bicyclic) bond motifs is 3. The molecule has 1 atom stereocenters. The number of piperidine rings is 3. The molecular formula is C22H34BNO4. The number of hydrogen-bond acceptors (Lipinski definition) is 5. The summed E-state index contributed by atoms with van der Waals surface area (Å²) in [6.45, 7) is 9.26. The summed E-state index contributed by atoms with van der Waals surface area (Å²) < 4.78 is 11.1. The first-order valence-corrected chi connectivity index (χ1v) is 10.00. The molecule has 1 N–H and O–H groups in total. The standard InChI is InChI=1S/C22H31NO4.BH3/c1-3-5-18-14-17(7-9-21(24)26-4-2)6-8-20(18)27-16-22(25)15-23-12-10-19(22)11-13-23;/h3,6,8,14,19,25H,1,4-5,7,9-13,15-16H2,2H3;1H3. The number of carbonyl (C=O) groups excluding carboxylic acids is 1. The fraction of sp³-hybridized carbons (Fsp3) is 0.591. The summed E-state index contributed by atoms with van der Waals surface area (Å²) in [6.07, 6.45) is 5.65. The van der Waals surface area contributed by atoms with Crippen molar-refractivity contribution in [2.45, 2.75) is 44.6 Å². The summed E-state index contributed by atoms with van der Waals surface area (Å²) in [5.74, 6) is 0.946. The molecule has 5 nitrogen and oxygen atoms in total. The topological polar surface area (TPSA) is 59.0 Å².